The Morgan fingerprint density at radius 1 is 0.880 bits per heavy atom. The molecule has 3 N–H and O–H groups in total. The fourth-order valence-corrected chi connectivity index (χ4v) is 3.30. The SMILES string of the molecule is Nc1ccccc1-c1ncsc1-c1ccnc(Nc2ccccc2)n1. The first-order chi connectivity index (χ1) is 12.3. The van der Waals surface area contributed by atoms with Crippen molar-refractivity contribution in [1.82, 2.24) is 15.0 Å². The van der Waals surface area contributed by atoms with Crippen LogP contribution >= 0.6 is 11.3 Å². The molecule has 2 aromatic heterocycles. The fourth-order valence-electron chi connectivity index (χ4n) is 2.53. The summed E-state index contributed by atoms with van der Waals surface area (Å²) in [7, 11) is 0. The predicted molar refractivity (Wildman–Crippen MR) is 103 cm³/mol. The van der Waals surface area contributed by atoms with E-state index >= 15 is 0 Å². The standard InChI is InChI=1S/C19H15N5S/c20-15-9-5-4-8-14(15)17-18(25-12-22-17)16-10-11-21-19(24-16)23-13-6-2-1-3-7-13/h1-12H,20H2,(H,21,23,24). The van der Waals surface area contributed by atoms with Crippen LogP contribution in [0.2, 0.25) is 0 Å². The number of thiazole rings is 1. The summed E-state index contributed by atoms with van der Waals surface area (Å²) in [4.78, 5) is 14.4. The normalized spacial score (nSPS) is 10.6. The van der Waals surface area contributed by atoms with E-state index in [4.69, 9.17) is 5.73 Å². The molecule has 0 radical (unpaired) electrons. The first-order valence-electron chi connectivity index (χ1n) is 7.75. The van der Waals surface area contributed by atoms with Crippen molar-refractivity contribution in [3.8, 4) is 21.8 Å². The molecule has 0 aliphatic carbocycles. The molecule has 2 aromatic carbocycles. The van der Waals surface area contributed by atoms with Crippen LogP contribution in [0.25, 0.3) is 21.8 Å². The maximum absolute atomic E-state index is 6.11. The summed E-state index contributed by atoms with van der Waals surface area (Å²) in [5.41, 5.74) is 12.1. The van der Waals surface area contributed by atoms with Crippen LogP contribution in [-0.4, -0.2) is 15.0 Å². The molecule has 0 amide bonds. The Balaban J connectivity index is 1.71. The number of nitrogens with zero attached hydrogens (tertiary/aromatic N) is 3. The second kappa shape index (κ2) is 6.70. The lowest BCUT2D eigenvalue weighted by Crippen LogP contribution is -1.98. The maximum atomic E-state index is 6.11. The van der Waals surface area contributed by atoms with Crippen LogP contribution in [0.3, 0.4) is 0 Å². The van der Waals surface area contributed by atoms with Crippen molar-refractivity contribution in [3.63, 3.8) is 0 Å². The van der Waals surface area contributed by atoms with Gasteiger partial charge in [-0.1, -0.05) is 36.4 Å². The third kappa shape index (κ3) is 3.20. The fraction of sp³-hybridized carbons (Fsp3) is 0. The van der Waals surface area contributed by atoms with Crippen molar-refractivity contribution < 1.29 is 0 Å². The molecule has 0 aliphatic heterocycles. The first kappa shape index (κ1) is 15.3. The Bertz CT molecular complexity index is 997. The Hall–Kier alpha value is -3.25. The van der Waals surface area contributed by atoms with Crippen LogP contribution in [0.5, 0.6) is 0 Å². The van der Waals surface area contributed by atoms with Crippen molar-refractivity contribution >= 4 is 28.7 Å². The molecule has 0 atom stereocenters. The van der Waals surface area contributed by atoms with Crippen LogP contribution in [0.1, 0.15) is 0 Å². The van der Waals surface area contributed by atoms with Crippen molar-refractivity contribution in [2.24, 2.45) is 0 Å². The molecular formula is C19H15N5S. The van der Waals surface area contributed by atoms with E-state index in [1.807, 2.05) is 66.2 Å². The topological polar surface area (TPSA) is 76.7 Å². The summed E-state index contributed by atoms with van der Waals surface area (Å²) in [5, 5.41) is 3.21. The smallest absolute Gasteiger partial charge is 0.227 e. The van der Waals surface area contributed by atoms with Crippen LogP contribution in [0, 0.1) is 0 Å². The largest absolute Gasteiger partial charge is 0.398 e. The molecular weight excluding hydrogens is 330 g/mol. The van der Waals surface area contributed by atoms with Gasteiger partial charge in [0.2, 0.25) is 5.95 Å². The number of nitrogens with one attached hydrogen (secondary N) is 1. The first-order valence-corrected chi connectivity index (χ1v) is 8.63. The summed E-state index contributed by atoms with van der Waals surface area (Å²) in [6.07, 6.45) is 1.74. The number of aromatic nitrogens is 3. The Morgan fingerprint density at radius 2 is 1.68 bits per heavy atom. The minimum absolute atomic E-state index is 0.545. The van der Waals surface area contributed by atoms with E-state index in [0.29, 0.717) is 11.6 Å². The van der Waals surface area contributed by atoms with Gasteiger partial charge in [0.25, 0.3) is 0 Å². The minimum Gasteiger partial charge on any atom is -0.398 e. The Kier molecular flexibility index (Phi) is 4.10. The lowest BCUT2D eigenvalue weighted by atomic mass is 10.1. The van der Waals surface area contributed by atoms with Gasteiger partial charge in [-0.05, 0) is 24.3 Å². The number of para-hydroxylation sites is 2. The van der Waals surface area contributed by atoms with E-state index in [1.165, 1.54) is 11.3 Å². The third-order valence-electron chi connectivity index (χ3n) is 3.70. The van der Waals surface area contributed by atoms with Gasteiger partial charge in [-0.2, -0.15) is 0 Å². The number of nitrogens with two attached hydrogens (primary N) is 1. The van der Waals surface area contributed by atoms with Gasteiger partial charge in [-0.25, -0.2) is 15.0 Å². The lowest BCUT2D eigenvalue weighted by Gasteiger charge is -2.08. The zero-order valence-electron chi connectivity index (χ0n) is 13.3. The molecule has 0 fully saturated rings. The molecule has 0 aliphatic rings. The second-order valence-electron chi connectivity index (χ2n) is 5.37. The van der Waals surface area contributed by atoms with Gasteiger partial charge in [-0.3, -0.25) is 0 Å². The number of nitrogen functional groups attached to an aromatic ring is 1. The monoisotopic (exact) mass is 345 g/mol. The number of rotatable bonds is 4. The van der Waals surface area contributed by atoms with E-state index < -0.39 is 0 Å². The molecule has 0 spiro atoms. The van der Waals surface area contributed by atoms with Gasteiger partial charge < -0.3 is 11.1 Å². The van der Waals surface area contributed by atoms with Gasteiger partial charge in [0.15, 0.2) is 0 Å². The molecule has 25 heavy (non-hydrogen) atoms. The van der Waals surface area contributed by atoms with Crippen LogP contribution in [0.15, 0.2) is 72.4 Å². The van der Waals surface area contributed by atoms with E-state index in [1.54, 1.807) is 6.20 Å². The maximum Gasteiger partial charge on any atom is 0.227 e. The van der Waals surface area contributed by atoms with Crippen molar-refractivity contribution in [3.05, 3.63) is 72.4 Å². The average Bonchev–Trinajstić information content (AvgIpc) is 3.13. The molecule has 4 rings (SSSR count). The number of hydrogen-bond acceptors (Lipinski definition) is 6. The summed E-state index contributed by atoms with van der Waals surface area (Å²) < 4.78 is 0. The summed E-state index contributed by atoms with van der Waals surface area (Å²) >= 11 is 1.54. The second-order valence-corrected chi connectivity index (χ2v) is 6.23. The van der Waals surface area contributed by atoms with Gasteiger partial charge >= 0.3 is 0 Å². The zero-order valence-corrected chi connectivity index (χ0v) is 14.1. The average molecular weight is 345 g/mol. The van der Waals surface area contributed by atoms with E-state index in [2.05, 4.69) is 20.3 Å². The predicted octanol–water partition coefficient (Wildman–Crippen LogP) is 4.59. The van der Waals surface area contributed by atoms with E-state index in [9.17, 15) is 0 Å². The zero-order chi connectivity index (χ0) is 17.1. The molecule has 0 saturated carbocycles. The molecule has 5 nitrogen and oxygen atoms in total. The van der Waals surface area contributed by atoms with Crippen LogP contribution < -0.4 is 11.1 Å². The van der Waals surface area contributed by atoms with Crippen LogP contribution in [-0.2, 0) is 0 Å². The highest BCUT2D eigenvalue weighted by molar-refractivity contribution is 7.13. The van der Waals surface area contributed by atoms with Gasteiger partial charge in [-0.15, -0.1) is 11.3 Å². The molecule has 0 bridgehead atoms. The van der Waals surface area contributed by atoms with Gasteiger partial charge in [0.1, 0.15) is 0 Å². The third-order valence-corrected chi connectivity index (χ3v) is 4.55. The number of anilines is 3. The quantitative estimate of drug-likeness (QED) is 0.529. The van der Waals surface area contributed by atoms with Crippen molar-refractivity contribution in [2.75, 3.05) is 11.1 Å². The summed E-state index contributed by atoms with van der Waals surface area (Å²) in [6, 6.07) is 19.4. The highest BCUT2D eigenvalue weighted by Gasteiger charge is 2.14. The summed E-state index contributed by atoms with van der Waals surface area (Å²) in [5.74, 6) is 0.545. The highest BCUT2D eigenvalue weighted by Crippen LogP contribution is 2.36. The minimum atomic E-state index is 0.545. The van der Waals surface area contributed by atoms with E-state index in [-0.39, 0.29) is 0 Å². The van der Waals surface area contributed by atoms with Gasteiger partial charge in [0.05, 0.1) is 21.8 Å². The van der Waals surface area contributed by atoms with Crippen molar-refractivity contribution in [1.29, 1.82) is 0 Å². The molecule has 4 aromatic rings. The summed E-state index contributed by atoms with van der Waals surface area (Å²) in [6.45, 7) is 0. The number of hydrogen-bond donors (Lipinski definition) is 2. The number of benzene rings is 2. The van der Waals surface area contributed by atoms with Crippen molar-refractivity contribution in [2.45, 2.75) is 0 Å². The van der Waals surface area contributed by atoms with Crippen LogP contribution in [0.4, 0.5) is 17.3 Å². The lowest BCUT2D eigenvalue weighted by molar-refractivity contribution is 1.17. The molecule has 0 unspecified atom stereocenters. The molecule has 2 heterocycles. The molecule has 122 valence electrons. The van der Waals surface area contributed by atoms with Gasteiger partial charge in [0, 0.05) is 23.1 Å². The van der Waals surface area contributed by atoms with E-state index in [0.717, 1.165) is 27.5 Å². The Labute approximate surface area is 149 Å². The highest BCUT2D eigenvalue weighted by atomic mass is 32.1. The molecule has 0 saturated heterocycles. The Morgan fingerprint density at radius 3 is 2.52 bits per heavy atom. The molecule has 6 heteroatoms.